The normalized spacial score (nSPS) is 13.9. The molecule has 1 unspecified atom stereocenters. The molecular formula is C11H27ClN2. The summed E-state index contributed by atoms with van der Waals surface area (Å²) in [5, 5.41) is 3.52. The predicted molar refractivity (Wildman–Crippen MR) is 67.3 cm³/mol. The Morgan fingerprint density at radius 1 is 1.21 bits per heavy atom. The second-order valence-corrected chi connectivity index (χ2v) is 5.22. The highest BCUT2D eigenvalue weighted by atomic mass is 35.5. The Morgan fingerprint density at radius 3 is 2.00 bits per heavy atom. The lowest BCUT2D eigenvalue weighted by atomic mass is 9.97. The highest BCUT2D eigenvalue weighted by Gasteiger charge is 2.12. The minimum absolute atomic E-state index is 0. The molecule has 88 valence electrons. The summed E-state index contributed by atoms with van der Waals surface area (Å²) >= 11 is 0. The van der Waals surface area contributed by atoms with E-state index in [1.54, 1.807) is 0 Å². The van der Waals surface area contributed by atoms with Gasteiger partial charge in [0.25, 0.3) is 0 Å². The Hall–Kier alpha value is 0.210. The van der Waals surface area contributed by atoms with Gasteiger partial charge in [0.05, 0.1) is 0 Å². The molecule has 0 heterocycles. The van der Waals surface area contributed by atoms with Crippen LogP contribution in [0.5, 0.6) is 0 Å². The molecule has 0 aliphatic heterocycles. The summed E-state index contributed by atoms with van der Waals surface area (Å²) in [7, 11) is 4.29. The van der Waals surface area contributed by atoms with E-state index in [0.717, 1.165) is 13.1 Å². The zero-order valence-corrected chi connectivity index (χ0v) is 11.4. The minimum Gasteiger partial charge on any atom is -0.315 e. The van der Waals surface area contributed by atoms with Gasteiger partial charge in [-0.15, -0.1) is 12.4 Å². The predicted octanol–water partition coefficient (Wildman–Crippen LogP) is 2.38. The second kappa shape index (κ2) is 7.49. The van der Waals surface area contributed by atoms with E-state index in [1.165, 1.54) is 6.42 Å². The summed E-state index contributed by atoms with van der Waals surface area (Å²) in [6.45, 7) is 11.2. The Kier molecular flexibility index (Phi) is 8.90. The topological polar surface area (TPSA) is 15.3 Å². The highest BCUT2D eigenvalue weighted by Crippen LogP contribution is 2.10. The van der Waals surface area contributed by atoms with Crippen molar-refractivity contribution < 1.29 is 0 Å². The quantitative estimate of drug-likeness (QED) is 0.769. The van der Waals surface area contributed by atoms with Gasteiger partial charge >= 0.3 is 0 Å². The number of hydrogen-bond donors (Lipinski definition) is 1. The molecule has 0 bridgehead atoms. The van der Waals surface area contributed by atoms with E-state index in [2.05, 4.69) is 52.0 Å². The van der Waals surface area contributed by atoms with Crippen LogP contribution in [0, 0.1) is 5.41 Å². The van der Waals surface area contributed by atoms with Crippen LogP contribution in [0.2, 0.25) is 0 Å². The van der Waals surface area contributed by atoms with Gasteiger partial charge in [-0.2, -0.15) is 0 Å². The standard InChI is InChI=1S/C11H26N2.ClH/c1-7-10(13(5)6)8-12-9-11(2,3)4;/h10,12H,7-9H2,1-6H3;1H. The van der Waals surface area contributed by atoms with Gasteiger partial charge in [-0.3, -0.25) is 0 Å². The van der Waals surface area contributed by atoms with Gasteiger partial charge in [0, 0.05) is 19.1 Å². The van der Waals surface area contributed by atoms with E-state index in [9.17, 15) is 0 Å². The Labute approximate surface area is 95.9 Å². The smallest absolute Gasteiger partial charge is 0.0211 e. The first kappa shape index (κ1) is 16.6. The summed E-state index contributed by atoms with van der Waals surface area (Å²) in [6.07, 6.45) is 1.21. The van der Waals surface area contributed by atoms with E-state index >= 15 is 0 Å². The largest absolute Gasteiger partial charge is 0.315 e. The van der Waals surface area contributed by atoms with Crippen LogP contribution in [0.4, 0.5) is 0 Å². The highest BCUT2D eigenvalue weighted by molar-refractivity contribution is 5.85. The van der Waals surface area contributed by atoms with Gasteiger partial charge < -0.3 is 10.2 Å². The molecule has 0 aliphatic rings. The van der Waals surface area contributed by atoms with Crippen molar-refractivity contribution in [3.05, 3.63) is 0 Å². The van der Waals surface area contributed by atoms with Crippen LogP contribution < -0.4 is 5.32 Å². The Balaban J connectivity index is 0. The maximum atomic E-state index is 3.52. The maximum Gasteiger partial charge on any atom is 0.0211 e. The Morgan fingerprint density at radius 2 is 1.71 bits per heavy atom. The van der Waals surface area contributed by atoms with Crippen LogP contribution in [0.25, 0.3) is 0 Å². The lowest BCUT2D eigenvalue weighted by molar-refractivity contribution is 0.263. The first-order valence-electron chi connectivity index (χ1n) is 5.24. The molecule has 0 radical (unpaired) electrons. The molecule has 14 heavy (non-hydrogen) atoms. The molecule has 0 amide bonds. The van der Waals surface area contributed by atoms with Gasteiger partial charge in [0.2, 0.25) is 0 Å². The number of likely N-dealkylation sites (N-methyl/N-ethyl adjacent to an activating group) is 1. The molecule has 0 aromatic heterocycles. The van der Waals surface area contributed by atoms with Gasteiger partial charge in [-0.1, -0.05) is 27.7 Å². The third-order valence-electron chi connectivity index (χ3n) is 2.24. The molecule has 0 spiro atoms. The van der Waals surface area contributed by atoms with Gasteiger partial charge in [-0.05, 0) is 25.9 Å². The molecule has 1 N–H and O–H groups in total. The van der Waals surface area contributed by atoms with Crippen molar-refractivity contribution in [2.75, 3.05) is 27.2 Å². The lowest BCUT2D eigenvalue weighted by Gasteiger charge is -2.26. The third kappa shape index (κ3) is 8.79. The Bertz CT molecular complexity index is 130. The lowest BCUT2D eigenvalue weighted by Crippen LogP contribution is -2.40. The third-order valence-corrected chi connectivity index (χ3v) is 2.24. The van der Waals surface area contributed by atoms with Gasteiger partial charge in [-0.25, -0.2) is 0 Å². The van der Waals surface area contributed by atoms with Crippen molar-refractivity contribution >= 4 is 12.4 Å². The number of rotatable bonds is 5. The van der Waals surface area contributed by atoms with E-state index in [0.29, 0.717) is 11.5 Å². The van der Waals surface area contributed by atoms with Gasteiger partial charge in [0.1, 0.15) is 0 Å². The van der Waals surface area contributed by atoms with Crippen molar-refractivity contribution in [2.24, 2.45) is 5.41 Å². The molecule has 0 rings (SSSR count). The SMILES string of the molecule is CCC(CNCC(C)(C)C)N(C)C.Cl. The van der Waals surface area contributed by atoms with Crippen LogP contribution >= 0.6 is 12.4 Å². The van der Waals surface area contributed by atoms with Crippen molar-refractivity contribution in [3.8, 4) is 0 Å². The zero-order valence-electron chi connectivity index (χ0n) is 10.6. The van der Waals surface area contributed by atoms with Crippen molar-refractivity contribution in [1.82, 2.24) is 10.2 Å². The monoisotopic (exact) mass is 222 g/mol. The second-order valence-electron chi connectivity index (χ2n) is 5.22. The minimum atomic E-state index is 0. The summed E-state index contributed by atoms with van der Waals surface area (Å²) in [5.74, 6) is 0. The van der Waals surface area contributed by atoms with Crippen LogP contribution in [0.1, 0.15) is 34.1 Å². The van der Waals surface area contributed by atoms with E-state index in [1.807, 2.05) is 0 Å². The molecule has 0 aromatic carbocycles. The maximum absolute atomic E-state index is 3.52. The van der Waals surface area contributed by atoms with Crippen molar-refractivity contribution in [3.63, 3.8) is 0 Å². The first-order chi connectivity index (χ1) is 5.87. The van der Waals surface area contributed by atoms with Crippen LogP contribution in [-0.4, -0.2) is 38.1 Å². The van der Waals surface area contributed by atoms with Gasteiger partial charge in [0.15, 0.2) is 0 Å². The molecule has 0 saturated heterocycles. The molecule has 1 atom stereocenters. The average molecular weight is 223 g/mol. The average Bonchev–Trinajstić information content (AvgIpc) is 1.95. The van der Waals surface area contributed by atoms with Crippen LogP contribution in [0.15, 0.2) is 0 Å². The molecule has 0 fully saturated rings. The number of nitrogens with one attached hydrogen (secondary N) is 1. The molecule has 0 aromatic rings. The number of nitrogens with zero attached hydrogens (tertiary/aromatic N) is 1. The molecule has 0 saturated carbocycles. The van der Waals surface area contributed by atoms with Crippen molar-refractivity contribution in [1.29, 1.82) is 0 Å². The summed E-state index contributed by atoms with van der Waals surface area (Å²) < 4.78 is 0. The number of halogens is 1. The summed E-state index contributed by atoms with van der Waals surface area (Å²) in [6, 6.07) is 0.669. The van der Waals surface area contributed by atoms with Crippen LogP contribution in [-0.2, 0) is 0 Å². The zero-order chi connectivity index (χ0) is 10.5. The van der Waals surface area contributed by atoms with Crippen LogP contribution in [0.3, 0.4) is 0 Å². The van der Waals surface area contributed by atoms with E-state index in [4.69, 9.17) is 0 Å². The first-order valence-corrected chi connectivity index (χ1v) is 5.24. The van der Waals surface area contributed by atoms with E-state index < -0.39 is 0 Å². The fourth-order valence-corrected chi connectivity index (χ4v) is 1.31. The number of hydrogen-bond acceptors (Lipinski definition) is 2. The molecular weight excluding hydrogens is 196 g/mol. The molecule has 3 heteroatoms. The summed E-state index contributed by atoms with van der Waals surface area (Å²) in [4.78, 5) is 2.29. The molecule has 2 nitrogen and oxygen atoms in total. The van der Waals surface area contributed by atoms with Crippen molar-refractivity contribution in [2.45, 2.75) is 40.2 Å². The fraction of sp³-hybridized carbons (Fsp3) is 1.00. The summed E-state index contributed by atoms with van der Waals surface area (Å²) in [5.41, 5.74) is 0.393. The fourth-order valence-electron chi connectivity index (χ4n) is 1.31. The molecule has 0 aliphatic carbocycles. The van der Waals surface area contributed by atoms with E-state index in [-0.39, 0.29) is 12.4 Å².